The molecule has 0 aromatic carbocycles. The number of carbonyl (C=O) groups is 3. The Morgan fingerprint density at radius 1 is 0.578 bits per heavy atom. The summed E-state index contributed by atoms with van der Waals surface area (Å²) in [6, 6.07) is 13.2. The van der Waals surface area contributed by atoms with E-state index in [0.717, 1.165) is 16.8 Å². The third-order valence-electron chi connectivity index (χ3n) is 5.71. The Kier molecular flexibility index (Phi) is 17.7. The fraction of sp³-hybridized carbons (Fsp3) is 0.333. The average molecular weight is 619 g/mol. The van der Waals surface area contributed by atoms with Gasteiger partial charge >= 0.3 is 17.9 Å². The first-order valence-electron chi connectivity index (χ1n) is 14.9. The van der Waals surface area contributed by atoms with Gasteiger partial charge in [-0.15, -0.1) is 0 Å². The van der Waals surface area contributed by atoms with Gasteiger partial charge in [0.25, 0.3) is 0 Å². The van der Waals surface area contributed by atoms with Crippen LogP contribution in [0.1, 0.15) is 58.4 Å². The van der Waals surface area contributed by atoms with Crippen molar-refractivity contribution in [1.82, 2.24) is 0 Å². The molecule has 240 valence electrons. The topological polar surface area (TPSA) is 124 Å². The zero-order valence-electron chi connectivity index (χ0n) is 27.2. The van der Waals surface area contributed by atoms with Gasteiger partial charge in [0.1, 0.15) is 0 Å². The Hall–Kier alpha value is -4.92. The zero-order valence-corrected chi connectivity index (χ0v) is 27.2. The van der Waals surface area contributed by atoms with Crippen LogP contribution in [0.3, 0.4) is 0 Å². The highest BCUT2D eigenvalue weighted by molar-refractivity contribution is 5.65. The fourth-order valence-corrected chi connectivity index (χ4v) is 3.57. The second-order valence-electron chi connectivity index (χ2n) is 11.4. The van der Waals surface area contributed by atoms with Gasteiger partial charge in [0.05, 0.1) is 0 Å². The van der Waals surface area contributed by atoms with Crippen molar-refractivity contribution in [2.45, 2.75) is 61.2 Å². The molecule has 9 heteroatoms. The van der Waals surface area contributed by atoms with Crippen molar-refractivity contribution in [1.29, 1.82) is 0 Å². The first-order valence-corrected chi connectivity index (χ1v) is 14.9. The number of carboxylic acids is 3. The molecule has 0 amide bonds. The van der Waals surface area contributed by atoms with Crippen LogP contribution in [0.25, 0.3) is 18.2 Å². The quantitative estimate of drug-likeness (QED) is 0.240. The van der Waals surface area contributed by atoms with E-state index in [-0.39, 0.29) is 19.6 Å². The fourth-order valence-electron chi connectivity index (χ4n) is 3.57. The molecule has 3 aromatic rings. The minimum atomic E-state index is -0.829. The SMILES string of the molecule is CC(C)/C=C/c1cc[n+](CC(=O)O)cc1.CC(C)/C=C/c1ccc[n+](CC(=O)O)c1.CC(C)/C=C/c1cccc[n+]1CC(=O)O. The lowest BCUT2D eigenvalue weighted by atomic mass is 10.1. The van der Waals surface area contributed by atoms with Gasteiger partial charge in [-0.2, -0.15) is 13.7 Å². The Labute approximate surface area is 266 Å². The summed E-state index contributed by atoms with van der Waals surface area (Å²) >= 11 is 0. The summed E-state index contributed by atoms with van der Waals surface area (Å²) in [5, 5.41) is 25.9. The van der Waals surface area contributed by atoms with Crippen LogP contribution in [0.4, 0.5) is 0 Å². The highest BCUT2D eigenvalue weighted by Gasteiger charge is 2.11. The first-order chi connectivity index (χ1) is 21.2. The molecule has 0 saturated heterocycles. The predicted molar refractivity (Wildman–Crippen MR) is 174 cm³/mol. The second-order valence-corrected chi connectivity index (χ2v) is 11.4. The number of rotatable bonds is 12. The van der Waals surface area contributed by atoms with Crippen LogP contribution in [0, 0.1) is 17.8 Å². The molecule has 3 rings (SSSR count). The van der Waals surface area contributed by atoms with Crippen LogP contribution < -0.4 is 13.7 Å². The molecule has 45 heavy (non-hydrogen) atoms. The van der Waals surface area contributed by atoms with E-state index in [1.165, 1.54) is 0 Å². The van der Waals surface area contributed by atoms with Crippen molar-refractivity contribution in [2.24, 2.45) is 17.8 Å². The maximum absolute atomic E-state index is 10.6. The summed E-state index contributed by atoms with van der Waals surface area (Å²) in [6.07, 6.45) is 21.1. The number of hydrogen-bond donors (Lipinski definition) is 3. The summed E-state index contributed by atoms with van der Waals surface area (Å²) < 4.78 is 5.00. The molecule has 0 aliphatic rings. The van der Waals surface area contributed by atoms with E-state index in [0.29, 0.717) is 17.8 Å². The van der Waals surface area contributed by atoms with Crippen molar-refractivity contribution >= 4 is 36.1 Å². The number of aliphatic carboxylic acids is 3. The Bertz CT molecular complexity index is 1440. The van der Waals surface area contributed by atoms with Gasteiger partial charge in [-0.25, -0.2) is 14.4 Å². The van der Waals surface area contributed by atoms with Crippen molar-refractivity contribution in [2.75, 3.05) is 0 Å². The molecule has 3 aromatic heterocycles. The number of hydrogen-bond acceptors (Lipinski definition) is 3. The van der Waals surface area contributed by atoms with E-state index in [1.54, 1.807) is 38.5 Å². The van der Waals surface area contributed by atoms with Crippen molar-refractivity contribution in [3.63, 3.8) is 0 Å². The van der Waals surface area contributed by atoms with Gasteiger partial charge in [-0.1, -0.05) is 71.9 Å². The average Bonchev–Trinajstić information content (AvgIpc) is 2.95. The number of allylic oxidation sites excluding steroid dienone is 3. The van der Waals surface area contributed by atoms with E-state index in [2.05, 4.69) is 53.7 Å². The van der Waals surface area contributed by atoms with Crippen LogP contribution >= 0.6 is 0 Å². The Morgan fingerprint density at radius 3 is 1.62 bits per heavy atom. The zero-order chi connectivity index (χ0) is 33.8. The largest absolute Gasteiger partial charge is 0.477 e. The van der Waals surface area contributed by atoms with Crippen molar-refractivity contribution in [3.8, 4) is 0 Å². The summed E-state index contributed by atoms with van der Waals surface area (Å²) in [4.78, 5) is 31.6. The van der Waals surface area contributed by atoms with Crippen molar-refractivity contribution in [3.05, 3.63) is 108 Å². The number of nitrogens with zero attached hydrogens (tertiary/aromatic N) is 3. The number of pyridine rings is 3. The highest BCUT2D eigenvalue weighted by Crippen LogP contribution is 2.04. The van der Waals surface area contributed by atoms with Gasteiger partial charge in [0.15, 0.2) is 31.0 Å². The summed E-state index contributed by atoms with van der Waals surface area (Å²) in [5.41, 5.74) is 3.02. The van der Waals surface area contributed by atoms with Crippen molar-refractivity contribution < 1.29 is 43.4 Å². The molecular formula is C36H48N3O6+3. The monoisotopic (exact) mass is 618 g/mol. The van der Waals surface area contributed by atoms with E-state index in [1.807, 2.05) is 73.0 Å². The van der Waals surface area contributed by atoms with Gasteiger partial charge < -0.3 is 15.3 Å². The Morgan fingerprint density at radius 2 is 1.09 bits per heavy atom. The maximum atomic E-state index is 10.6. The third kappa shape index (κ3) is 19.1. The summed E-state index contributed by atoms with van der Waals surface area (Å²) in [5.74, 6) is -1.00. The maximum Gasteiger partial charge on any atom is 0.370 e. The molecule has 0 radical (unpaired) electrons. The lowest BCUT2D eigenvalue weighted by molar-refractivity contribution is -0.687. The Balaban J connectivity index is 0.000000337. The van der Waals surface area contributed by atoms with E-state index >= 15 is 0 Å². The summed E-state index contributed by atoms with van der Waals surface area (Å²) in [7, 11) is 0. The first kappa shape index (κ1) is 38.1. The van der Waals surface area contributed by atoms with Crippen LogP contribution in [0.15, 0.2) is 91.7 Å². The minimum absolute atomic E-state index is 0.00138. The minimum Gasteiger partial charge on any atom is -0.477 e. The van der Waals surface area contributed by atoms with E-state index < -0.39 is 17.9 Å². The molecular weight excluding hydrogens is 570 g/mol. The van der Waals surface area contributed by atoms with Crippen LogP contribution in [-0.4, -0.2) is 33.2 Å². The van der Waals surface area contributed by atoms with Gasteiger partial charge in [0, 0.05) is 42.0 Å². The van der Waals surface area contributed by atoms with Crippen LogP contribution in [-0.2, 0) is 34.0 Å². The number of aromatic nitrogens is 3. The molecule has 0 fully saturated rings. The van der Waals surface area contributed by atoms with Gasteiger partial charge in [-0.05, 0) is 35.4 Å². The second kappa shape index (κ2) is 20.9. The lowest BCUT2D eigenvalue weighted by Crippen LogP contribution is -2.40. The smallest absolute Gasteiger partial charge is 0.370 e. The normalized spacial score (nSPS) is 11.1. The lowest BCUT2D eigenvalue weighted by Gasteiger charge is -1.97. The molecule has 0 atom stereocenters. The highest BCUT2D eigenvalue weighted by atomic mass is 16.4. The molecule has 3 N–H and O–H groups in total. The predicted octanol–water partition coefficient (Wildman–Crippen LogP) is 5.18. The molecule has 0 saturated carbocycles. The molecule has 0 unspecified atom stereocenters. The van der Waals surface area contributed by atoms with Crippen LogP contribution in [0.5, 0.6) is 0 Å². The van der Waals surface area contributed by atoms with Crippen LogP contribution in [0.2, 0.25) is 0 Å². The molecule has 0 bridgehead atoms. The van der Waals surface area contributed by atoms with E-state index in [4.69, 9.17) is 15.3 Å². The molecule has 0 spiro atoms. The molecule has 9 nitrogen and oxygen atoms in total. The molecule has 0 aliphatic heterocycles. The van der Waals surface area contributed by atoms with Gasteiger partial charge in [-0.3, -0.25) is 0 Å². The summed E-state index contributed by atoms with van der Waals surface area (Å²) in [6.45, 7) is 12.6. The number of carboxylic acid groups (broad SMARTS) is 3. The molecule has 3 heterocycles. The van der Waals surface area contributed by atoms with Gasteiger partial charge in [0.2, 0.25) is 25.3 Å². The molecule has 0 aliphatic carbocycles. The third-order valence-corrected chi connectivity index (χ3v) is 5.71. The standard InChI is InChI=1S/3C12H15NO2/c1-10(2)3-4-11-5-7-13(8-6-11)9-12(14)15;1-10(2)5-6-11-4-3-7-13(8-11)9-12(14)15;1-10(2)6-7-11-5-3-4-8-13(11)9-12(14)15/h3*3-8,10H,9H2,1-2H3/p+3/b4-3+;6-5+;7-6+. The van der Waals surface area contributed by atoms with E-state index in [9.17, 15) is 14.4 Å².